The van der Waals surface area contributed by atoms with Gasteiger partial charge in [-0.05, 0) is 19.1 Å². The Morgan fingerprint density at radius 2 is 2.11 bits per heavy atom. The smallest absolute Gasteiger partial charge is 0.255 e. The highest BCUT2D eigenvalue weighted by Gasteiger charge is 2.26. The lowest BCUT2D eigenvalue weighted by molar-refractivity contribution is 0.0655. The van der Waals surface area contributed by atoms with Gasteiger partial charge in [0.1, 0.15) is 5.82 Å². The minimum atomic E-state index is -0.632. The van der Waals surface area contributed by atoms with E-state index in [9.17, 15) is 9.18 Å². The Morgan fingerprint density at radius 1 is 1.42 bits per heavy atom. The van der Waals surface area contributed by atoms with Crippen molar-refractivity contribution in [1.29, 1.82) is 0 Å². The van der Waals surface area contributed by atoms with E-state index in [2.05, 4.69) is 5.32 Å². The molecule has 1 amide bonds. The van der Waals surface area contributed by atoms with Crippen LogP contribution in [-0.4, -0.2) is 36.5 Å². The second kappa shape index (κ2) is 6.75. The summed E-state index contributed by atoms with van der Waals surface area (Å²) in [7, 11) is 0. The summed E-state index contributed by atoms with van der Waals surface area (Å²) < 4.78 is 13.4. The van der Waals surface area contributed by atoms with Gasteiger partial charge in [-0.1, -0.05) is 23.2 Å². The number of hydrogen-bond donors (Lipinski definition) is 1. The zero-order valence-corrected chi connectivity index (χ0v) is 12.6. The van der Waals surface area contributed by atoms with Gasteiger partial charge in [0.15, 0.2) is 0 Å². The number of benzene rings is 1. The molecule has 1 aliphatic heterocycles. The SMILES string of the molecule is CC1CNCCN1C(=O)c1cc(F)c(Cl)cc1Cl.Cl. The zero-order valence-electron chi connectivity index (χ0n) is 10.3. The molecule has 1 saturated heterocycles. The normalized spacial score (nSPS) is 18.9. The highest BCUT2D eigenvalue weighted by molar-refractivity contribution is 6.36. The molecule has 1 aromatic rings. The predicted octanol–water partition coefficient (Wildman–Crippen LogP) is 2.99. The third kappa shape index (κ3) is 3.51. The van der Waals surface area contributed by atoms with Crippen molar-refractivity contribution < 1.29 is 9.18 Å². The van der Waals surface area contributed by atoms with Gasteiger partial charge in [-0.2, -0.15) is 0 Å². The van der Waals surface area contributed by atoms with E-state index < -0.39 is 5.82 Å². The van der Waals surface area contributed by atoms with Crippen molar-refractivity contribution in [3.63, 3.8) is 0 Å². The highest BCUT2D eigenvalue weighted by atomic mass is 35.5. The number of piperazine rings is 1. The summed E-state index contributed by atoms with van der Waals surface area (Å²) in [6.07, 6.45) is 0. The van der Waals surface area contributed by atoms with Crippen LogP contribution in [0, 0.1) is 5.82 Å². The summed E-state index contributed by atoms with van der Waals surface area (Å²) in [5, 5.41) is 3.28. The molecule has 1 aromatic carbocycles. The average Bonchev–Trinajstić information content (AvgIpc) is 2.33. The van der Waals surface area contributed by atoms with E-state index in [1.54, 1.807) is 4.90 Å². The molecule has 0 bridgehead atoms. The molecule has 1 aliphatic rings. The first-order chi connectivity index (χ1) is 8.50. The van der Waals surface area contributed by atoms with Crippen LogP contribution in [0.1, 0.15) is 17.3 Å². The maximum absolute atomic E-state index is 13.4. The van der Waals surface area contributed by atoms with Gasteiger partial charge in [0.05, 0.1) is 15.6 Å². The number of nitrogens with one attached hydrogen (secondary N) is 1. The van der Waals surface area contributed by atoms with Crippen molar-refractivity contribution in [1.82, 2.24) is 10.2 Å². The summed E-state index contributed by atoms with van der Waals surface area (Å²) in [4.78, 5) is 14.0. The minimum absolute atomic E-state index is 0. The molecule has 3 nitrogen and oxygen atoms in total. The van der Waals surface area contributed by atoms with Gasteiger partial charge in [-0.15, -0.1) is 12.4 Å². The largest absolute Gasteiger partial charge is 0.333 e. The summed E-state index contributed by atoms with van der Waals surface area (Å²) >= 11 is 11.6. The molecule has 1 atom stereocenters. The van der Waals surface area contributed by atoms with Crippen molar-refractivity contribution in [2.75, 3.05) is 19.6 Å². The van der Waals surface area contributed by atoms with Crippen molar-refractivity contribution in [3.05, 3.63) is 33.6 Å². The Morgan fingerprint density at radius 3 is 2.74 bits per heavy atom. The molecule has 1 heterocycles. The maximum Gasteiger partial charge on any atom is 0.255 e. The van der Waals surface area contributed by atoms with Crippen molar-refractivity contribution in [3.8, 4) is 0 Å². The number of rotatable bonds is 1. The van der Waals surface area contributed by atoms with Crippen molar-refractivity contribution >= 4 is 41.5 Å². The van der Waals surface area contributed by atoms with E-state index in [0.717, 1.165) is 19.2 Å². The highest BCUT2D eigenvalue weighted by Crippen LogP contribution is 2.26. The molecule has 19 heavy (non-hydrogen) atoms. The first-order valence-electron chi connectivity index (χ1n) is 5.67. The van der Waals surface area contributed by atoms with Gasteiger partial charge in [0.2, 0.25) is 0 Å². The molecular formula is C12H14Cl3FN2O. The Kier molecular flexibility index (Phi) is 5.86. The van der Waals surface area contributed by atoms with Crippen LogP contribution in [0.5, 0.6) is 0 Å². The van der Waals surface area contributed by atoms with Crippen LogP contribution in [0.2, 0.25) is 10.0 Å². The average molecular weight is 328 g/mol. The van der Waals surface area contributed by atoms with Crippen LogP contribution >= 0.6 is 35.6 Å². The summed E-state index contributed by atoms with van der Waals surface area (Å²) in [6, 6.07) is 2.42. The van der Waals surface area contributed by atoms with Crippen LogP contribution < -0.4 is 5.32 Å². The summed E-state index contributed by atoms with van der Waals surface area (Å²) in [5.41, 5.74) is 0.160. The van der Waals surface area contributed by atoms with E-state index in [4.69, 9.17) is 23.2 Å². The molecule has 0 aliphatic carbocycles. The molecule has 2 rings (SSSR count). The van der Waals surface area contributed by atoms with E-state index in [1.807, 2.05) is 6.92 Å². The fourth-order valence-electron chi connectivity index (χ4n) is 1.98. The van der Waals surface area contributed by atoms with Gasteiger partial charge in [-0.3, -0.25) is 4.79 Å². The number of halogens is 4. The summed E-state index contributed by atoms with van der Waals surface area (Å²) in [6.45, 7) is 3.97. The molecule has 106 valence electrons. The first-order valence-corrected chi connectivity index (χ1v) is 6.42. The number of hydrogen-bond acceptors (Lipinski definition) is 2. The zero-order chi connectivity index (χ0) is 13.3. The molecule has 1 fully saturated rings. The molecule has 0 saturated carbocycles. The fourth-order valence-corrected chi connectivity index (χ4v) is 2.45. The van der Waals surface area contributed by atoms with Gasteiger partial charge in [0.25, 0.3) is 5.91 Å². The molecule has 0 aromatic heterocycles. The Hall–Kier alpha value is -0.550. The Balaban J connectivity index is 0.00000180. The molecular weight excluding hydrogens is 314 g/mol. The van der Waals surface area contributed by atoms with Gasteiger partial charge in [-0.25, -0.2) is 4.39 Å². The second-order valence-corrected chi connectivity index (χ2v) is 5.11. The lowest BCUT2D eigenvalue weighted by Crippen LogP contribution is -2.52. The Labute approximate surface area is 127 Å². The van der Waals surface area contributed by atoms with Crippen LogP contribution in [0.4, 0.5) is 4.39 Å². The lowest BCUT2D eigenvalue weighted by atomic mass is 10.1. The van der Waals surface area contributed by atoms with Crippen LogP contribution in [0.3, 0.4) is 0 Å². The number of carbonyl (C=O) groups is 1. The van der Waals surface area contributed by atoms with E-state index >= 15 is 0 Å². The fraction of sp³-hybridized carbons (Fsp3) is 0.417. The summed E-state index contributed by atoms with van der Waals surface area (Å²) in [5.74, 6) is -0.892. The van der Waals surface area contributed by atoms with E-state index in [-0.39, 0.29) is 40.0 Å². The van der Waals surface area contributed by atoms with Crippen molar-refractivity contribution in [2.24, 2.45) is 0 Å². The Bertz CT molecular complexity index is 484. The maximum atomic E-state index is 13.4. The quantitative estimate of drug-likeness (QED) is 0.804. The number of carbonyl (C=O) groups excluding carboxylic acids is 1. The van der Waals surface area contributed by atoms with E-state index in [0.29, 0.717) is 6.54 Å². The topological polar surface area (TPSA) is 32.3 Å². The third-order valence-electron chi connectivity index (χ3n) is 3.00. The molecule has 0 spiro atoms. The lowest BCUT2D eigenvalue weighted by Gasteiger charge is -2.34. The monoisotopic (exact) mass is 326 g/mol. The van der Waals surface area contributed by atoms with Crippen LogP contribution in [0.25, 0.3) is 0 Å². The molecule has 0 radical (unpaired) electrons. The standard InChI is InChI=1S/C12H13Cl2FN2O.ClH/c1-7-6-16-2-3-17(7)12(18)8-4-11(15)10(14)5-9(8)13;/h4-5,7,16H,2-3,6H2,1H3;1H. The van der Waals surface area contributed by atoms with Gasteiger partial charge in [0, 0.05) is 25.7 Å². The molecule has 1 N–H and O–H groups in total. The molecule has 7 heteroatoms. The van der Waals surface area contributed by atoms with Gasteiger partial charge < -0.3 is 10.2 Å². The van der Waals surface area contributed by atoms with E-state index in [1.165, 1.54) is 6.07 Å². The van der Waals surface area contributed by atoms with Gasteiger partial charge >= 0.3 is 0 Å². The predicted molar refractivity (Wildman–Crippen MR) is 77.0 cm³/mol. The number of nitrogens with zero attached hydrogens (tertiary/aromatic N) is 1. The van der Waals surface area contributed by atoms with Crippen LogP contribution in [-0.2, 0) is 0 Å². The number of amides is 1. The van der Waals surface area contributed by atoms with Crippen LogP contribution in [0.15, 0.2) is 12.1 Å². The first kappa shape index (κ1) is 16.5. The third-order valence-corrected chi connectivity index (χ3v) is 3.60. The molecule has 1 unspecified atom stereocenters. The second-order valence-electron chi connectivity index (χ2n) is 4.30. The minimum Gasteiger partial charge on any atom is -0.333 e. The van der Waals surface area contributed by atoms with Crippen molar-refractivity contribution in [2.45, 2.75) is 13.0 Å².